The third kappa shape index (κ3) is 2.84. The van der Waals surface area contributed by atoms with Crippen LogP contribution < -0.4 is 4.90 Å². The van der Waals surface area contributed by atoms with E-state index in [1.807, 2.05) is 19.3 Å². The molecule has 1 saturated heterocycles. The summed E-state index contributed by atoms with van der Waals surface area (Å²) >= 11 is 0. The van der Waals surface area contributed by atoms with Crippen molar-refractivity contribution in [3.05, 3.63) is 47.7 Å². The first-order chi connectivity index (χ1) is 10.3. The lowest BCUT2D eigenvalue weighted by Crippen LogP contribution is -2.21. The molecule has 0 N–H and O–H groups in total. The minimum atomic E-state index is 0.448. The third-order valence-corrected chi connectivity index (χ3v) is 3.88. The van der Waals surface area contributed by atoms with Crippen LogP contribution in [0, 0.1) is 11.3 Å². The van der Waals surface area contributed by atoms with Crippen molar-refractivity contribution in [3.63, 3.8) is 0 Å². The highest BCUT2D eigenvalue weighted by molar-refractivity contribution is 5.45. The van der Waals surface area contributed by atoms with Gasteiger partial charge < -0.3 is 4.90 Å². The predicted molar refractivity (Wildman–Crippen MR) is 79.9 cm³/mol. The van der Waals surface area contributed by atoms with Crippen molar-refractivity contribution in [1.29, 1.82) is 5.26 Å². The van der Waals surface area contributed by atoms with E-state index in [0.717, 1.165) is 37.6 Å². The molecule has 1 unspecified atom stereocenters. The fourth-order valence-corrected chi connectivity index (χ4v) is 2.74. The summed E-state index contributed by atoms with van der Waals surface area (Å²) in [4.78, 5) is 15.1. The monoisotopic (exact) mass is 279 g/mol. The molecular weight excluding hydrogens is 262 g/mol. The van der Waals surface area contributed by atoms with E-state index in [9.17, 15) is 0 Å². The number of hydrogen-bond acceptors (Lipinski definition) is 5. The van der Waals surface area contributed by atoms with Crippen LogP contribution in [0.5, 0.6) is 0 Å². The molecule has 2 aromatic heterocycles. The normalized spacial score (nSPS) is 17.7. The highest BCUT2D eigenvalue weighted by Gasteiger charge is 2.25. The van der Waals surface area contributed by atoms with Gasteiger partial charge in [0.1, 0.15) is 23.4 Å². The number of nitriles is 1. The van der Waals surface area contributed by atoms with Gasteiger partial charge in [-0.3, -0.25) is 4.98 Å². The Morgan fingerprint density at radius 1 is 1.33 bits per heavy atom. The van der Waals surface area contributed by atoms with E-state index in [1.54, 1.807) is 6.07 Å². The molecule has 0 saturated carbocycles. The molecule has 0 amide bonds. The van der Waals surface area contributed by atoms with Gasteiger partial charge in [0.05, 0.1) is 0 Å². The first-order valence-corrected chi connectivity index (χ1v) is 7.23. The molecule has 3 heterocycles. The summed E-state index contributed by atoms with van der Waals surface area (Å²) in [5.41, 5.74) is 1.77. The van der Waals surface area contributed by atoms with E-state index in [2.05, 4.69) is 38.1 Å². The molecule has 1 aliphatic heterocycles. The Kier molecular flexibility index (Phi) is 3.78. The molecule has 0 aliphatic carbocycles. The molecular formula is C16H17N5. The summed E-state index contributed by atoms with van der Waals surface area (Å²) in [5.74, 6) is 2.10. The van der Waals surface area contributed by atoms with Crippen LogP contribution in [0.2, 0.25) is 0 Å². The van der Waals surface area contributed by atoms with Gasteiger partial charge in [0.25, 0.3) is 0 Å². The smallest absolute Gasteiger partial charge is 0.146 e. The van der Waals surface area contributed by atoms with Gasteiger partial charge in [-0.2, -0.15) is 5.26 Å². The molecule has 1 fully saturated rings. The molecule has 21 heavy (non-hydrogen) atoms. The Morgan fingerprint density at radius 3 is 2.86 bits per heavy atom. The maximum atomic E-state index is 9.09. The average molecular weight is 279 g/mol. The van der Waals surface area contributed by atoms with Crippen LogP contribution in [0.25, 0.3) is 0 Å². The van der Waals surface area contributed by atoms with Crippen LogP contribution in [0.3, 0.4) is 0 Å². The summed E-state index contributed by atoms with van der Waals surface area (Å²) in [7, 11) is 0. The number of nitrogens with zero attached hydrogens (tertiary/aromatic N) is 5. The van der Waals surface area contributed by atoms with Crippen molar-refractivity contribution in [3.8, 4) is 6.07 Å². The van der Waals surface area contributed by atoms with Crippen LogP contribution in [0.1, 0.15) is 36.3 Å². The lowest BCUT2D eigenvalue weighted by atomic mass is 10.00. The largest absolute Gasteiger partial charge is 0.356 e. The van der Waals surface area contributed by atoms with E-state index >= 15 is 0 Å². The van der Waals surface area contributed by atoms with Gasteiger partial charge in [-0.1, -0.05) is 6.92 Å². The molecule has 3 rings (SSSR count). The van der Waals surface area contributed by atoms with E-state index in [-0.39, 0.29) is 0 Å². The second kappa shape index (κ2) is 5.88. The van der Waals surface area contributed by atoms with Gasteiger partial charge in [0.2, 0.25) is 0 Å². The maximum Gasteiger partial charge on any atom is 0.146 e. The Balaban J connectivity index is 1.82. The number of aryl methyl sites for hydroxylation is 1. The van der Waals surface area contributed by atoms with Crippen LogP contribution in [-0.2, 0) is 6.42 Å². The van der Waals surface area contributed by atoms with Crippen molar-refractivity contribution in [2.75, 3.05) is 18.0 Å². The minimum absolute atomic E-state index is 0.448. The summed E-state index contributed by atoms with van der Waals surface area (Å²) in [5, 5.41) is 9.09. The van der Waals surface area contributed by atoms with Crippen molar-refractivity contribution in [2.24, 2.45) is 0 Å². The van der Waals surface area contributed by atoms with Gasteiger partial charge in [-0.05, 0) is 24.1 Å². The summed E-state index contributed by atoms with van der Waals surface area (Å²) in [6.07, 6.45) is 5.51. The first-order valence-electron chi connectivity index (χ1n) is 7.23. The Hall–Kier alpha value is -2.48. The highest BCUT2D eigenvalue weighted by Crippen LogP contribution is 2.29. The fraction of sp³-hybridized carbons (Fsp3) is 0.375. The zero-order valence-corrected chi connectivity index (χ0v) is 12.0. The number of rotatable bonds is 3. The maximum absolute atomic E-state index is 9.09. The molecule has 5 heteroatoms. The zero-order chi connectivity index (χ0) is 14.7. The molecule has 1 atom stereocenters. The van der Waals surface area contributed by atoms with E-state index < -0.39 is 0 Å². The van der Waals surface area contributed by atoms with Crippen LogP contribution >= 0.6 is 0 Å². The summed E-state index contributed by atoms with van der Waals surface area (Å²) in [6, 6.07) is 8.06. The van der Waals surface area contributed by atoms with Gasteiger partial charge in [-0.25, -0.2) is 9.97 Å². The average Bonchev–Trinajstić information content (AvgIpc) is 3.05. The number of anilines is 1. The number of pyridine rings is 1. The standard InChI is InChI=1S/C16H17N5/c1-2-15-19-14(10-17)9-16(20-15)21-8-5-13(11-21)12-3-6-18-7-4-12/h3-4,6-7,9,13H,2,5,8,11H2,1H3. The molecule has 0 spiro atoms. The second-order valence-corrected chi connectivity index (χ2v) is 5.21. The Labute approximate surface area is 124 Å². The molecule has 1 aliphatic rings. The van der Waals surface area contributed by atoms with Crippen LogP contribution in [0.15, 0.2) is 30.6 Å². The zero-order valence-electron chi connectivity index (χ0n) is 12.0. The van der Waals surface area contributed by atoms with E-state index in [1.165, 1.54) is 5.56 Å². The van der Waals surface area contributed by atoms with Gasteiger partial charge >= 0.3 is 0 Å². The van der Waals surface area contributed by atoms with Crippen LogP contribution in [0.4, 0.5) is 5.82 Å². The first kappa shape index (κ1) is 13.5. The van der Waals surface area contributed by atoms with Crippen molar-refractivity contribution >= 4 is 5.82 Å². The molecule has 0 bridgehead atoms. The second-order valence-electron chi connectivity index (χ2n) is 5.21. The molecule has 0 aromatic carbocycles. The quantitative estimate of drug-likeness (QED) is 0.862. The number of aromatic nitrogens is 3. The van der Waals surface area contributed by atoms with E-state index in [0.29, 0.717) is 11.6 Å². The molecule has 2 aromatic rings. The molecule has 106 valence electrons. The summed E-state index contributed by atoms with van der Waals surface area (Å²) < 4.78 is 0. The fourth-order valence-electron chi connectivity index (χ4n) is 2.74. The van der Waals surface area contributed by atoms with Gasteiger partial charge in [-0.15, -0.1) is 0 Å². The van der Waals surface area contributed by atoms with E-state index in [4.69, 9.17) is 5.26 Å². The Bertz CT molecular complexity index is 662. The third-order valence-electron chi connectivity index (χ3n) is 3.88. The predicted octanol–water partition coefficient (Wildman–Crippen LogP) is 2.30. The van der Waals surface area contributed by atoms with Crippen LogP contribution in [-0.4, -0.2) is 28.0 Å². The van der Waals surface area contributed by atoms with Gasteiger partial charge in [0, 0.05) is 43.9 Å². The Morgan fingerprint density at radius 2 is 2.14 bits per heavy atom. The molecule has 0 radical (unpaired) electrons. The lowest BCUT2D eigenvalue weighted by Gasteiger charge is -2.18. The number of hydrogen-bond donors (Lipinski definition) is 0. The van der Waals surface area contributed by atoms with Gasteiger partial charge in [0.15, 0.2) is 0 Å². The van der Waals surface area contributed by atoms with Crippen molar-refractivity contribution in [2.45, 2.75) is 25.7 Å². The highest BCUT2D eigenvalue weighted by atomic mass is 15.2. The molecule has 5 nitrogen and oxygen atoms in total. The minimum Gasteiger partial charge on any atom is -0.356 e. The SMILES string of the molecule is CCc1nc(C#N)cc(N2CCC(c3ccncc3)C2)n1. The van der Waals surface area contributed by atoms with Crippen molar-refractivity contribution < 1.29 is 0 Å². The van der Waals surface area contributed by atoms with Crippen molar-refractivity contribution in [1.82, 2.24) is 15.0 Å². The topological polar surface area (TPSA) is 65.7 Å². The summed E-state index contributed by atoms with van der Waals surface area (Å²) in [6.45, 7) is 3.89. The lowest BCUT2D eigenvalue weighted by molar-refractivity contribution is 0.771.